The quantitative estimate of drug-likeness (QED) is 0.937. The van der Waals surface area contributed by atoms with Gasteiger partial charge in [0.25, 0.3) is 5.91 Å². The van der Waals surface area contributed by atoms with E-state index in [-0.39, 0.29) is 11.4 Å². The molecule has 0 aliphatic heterocycles. The van der Waals surface area contributed by atoms with Gasteiger partial charge in [-0.25, -0.2) is 9.37 Å². The van der Waals surface area contributed by atoms with Crippen LogP contribution in [0.1, 0.15) is 21.7 Å². The number of nitrogens with zero attached hydrogens (tertiary/aromatic N) is 3. The van der Waals surface area contributed by atoms with Gasteiger partial charge < -0.3 is 10.2 Å². The Kier molecular flexibility index (Phi) is 4.47. The Bertz CT molecular complexity index is 660. The predicted octanol–water partition coefficient (Wildman–Crippen LogP) is 2.24. The second-order valence-corrected chi connectivity index (χ2v) is 4.70. The highest BCUT2D eigenvalue weighted by molar-refractivity contribution is 5.95. The van der Waals surface area contributed by atoms with Gasteiger partial charge in [-0.1, -0.05) is 6.07 Å². The van der Waals surface area contributed by atoms with E-state index in [0.717, 1.165) is 11.4 Å². The van der Waals surface area contributed by atoms with Crippen LogP contribution in [0.2, 0.25) is 0 Å². The topological polar surface area (TPSA) is 58.1 Å². The molecular formula is C15H17FN4O. The Morgan fingerprint density at radius 3 is 2.81 bits per heavy atom. The van der Waals surface area contributed by atoms with E-state index in [9.17, 15) is 9.18 Å². The number of rotatable bonds is 4. The molecule has 1 amide bonds. The van der Waals surface area contributed by atoms with Crippen molar-refractivity contribution >= 4 is 11.7 Å². The predicted molar refractivity (Wildman–Crippen MR) is 78.5 cm³/mol. The van der Waals surface area contributed by atoms with Crippen LogP contribution in [-0.4, -0.2) is 34.9 Å². The number of hydrogen-bond donors (Lipinski definition) is 1. The SMILES string of the molecule is CNc1nccc(C(=O)N(C)Cc2cccc(C)n2)c1F. The first kappa shape index (κ1) is 14.9. The Morgan fingerprint density at radius 1 is 1.38 bits per heavy atom. The molecule has 110 valence electrons. The van der Waals surface area contributed by atoms with Crippen molar-refractivity contribution < 1.29 is 9.18 Å². The Morgan fingerprint density at radius 2 is 2.14 bits per heavy atom. The molecule has 0 saturated carbocycles. The maximum absolute atomic E-state index is 14.1. The summed E-state index contributed by atoms with van der Waals surface area (Å²) in [6.45, 7) is 2.20. The molecule has 1 N–H and O–H groups in total. The van der Waals surface area contributed by atoms with Gasteiger partial charge >= 0.3 is 0 Å². The number of aromatic nitrogens is 2. The lowest BCUT2D eigenvalue weighted by Gasteiger charge is -2.17. The third-order valence-corrected chi connectivity index (χ3v) is 3.05. The van der Waals surface area contributed by atoms with Crippen LogP contribution in [0, 0.1) is 12.7 Å². The molecule has 0 fully saturated rings. The number of nitrogens with one attached hydrogen (secondary N) is 1. The molecule has 0 unspecified atom stereocenters. The average Bonchev–Trinajstić information content (AvgIpc) is 2.47. The minimum atomic E-state index is -0.644. The van der Waals surface area contributed by atoms with Crippen molar-refractivity contribution in [1.82, 2.24) is 14.9 Å². The molecule has 0 aliphatic carbocycles. The van der Waals surface area contributed by atoms with Crippen LogP contribution in [0.3, 0.4) is 0 Å². The molecule has 2 heterocycles. The van der Waals surface area contributed by atoms with E-state index < -0.39 is 11.7 Å². The van der Waals surface area contributed by atoms with E-state index in [4.69, 9.17) is 0 Å². The number of aryl methyl sites for hydroxylation is 1. The summed E-state index contributed by atoms with van der Waals surface area (Å²) in [4.78, 5) is 21.9. The van der Waals surface area contributed by atoms with Crippen LogP contribution < -0.4 is 5.32 Å². The van der Waals surface area contributed by atoms with Crippen molar-refractivity contribution in [3.05, 3.63) is 53.2 Å². The van der Waals surface area contributed by atoms with Crippen molar-refractivity contribution in [1.29, 1.82) is 0 Å². The van der Waals surface area contributed by atoms with E-state index in [0.29, 0.717) is 6.54 Å². The zero-order chi connectivity index (χ0) is 15.4. The van der Waals surface area contributed by atoms with E-state index in [1.165, 1.54) is 17.2 Å². The van der Waals surface area contributed by atoms with E-state index in [2.05, 4.69) is 15.3 Å². The first-order chi connectivity index (χ1) is 10.0. The maximum atomic E-state index is 14.1. The molecule has 6 heteroatoms. The fourth-order valence-electron chi connectivity index (χ4n) is 1.99. The largest absolute Gasteiger partial charge is 0.371 e. The fourth-order valence-corrected chi connectivity index (χ4v) is 1.99. The zero-order valence-corrected chi connectivity index (χ0v) is 12.2. The maximum Gasteiger partial charge on any atom is 0.257 e. The molecule has 2 aromatic rings. The van der Waals surface area contributed by atoms with Crippen LogP contribution in [0.4, 0.5) is 10.2 Å². The van der Waals surface area contributed by atoms with Gasteiger partial charge in [-0.05, 0) is 25.1 Å². The second kappa shape index (κ2) is 6.30. The third-order valence-electron chi connectivity index (χ3n) is 3.05. The van der Waals surface area contributed by atoms with Gasteiger partial charge in [-0.2, -0.15) is 0 Å². The van der Waals surface area contributed by atoms with Gasteiger partial charge in [0.05, 0.1) is 17.8 Å². The number of pyridine rings is 2. The van der Waals surface area contributed by atoms with Crippen LogP contribution in [-0.2, 0) is 6.54 Å². The third kappa shape index (κ3) is 3.34. The van der Waals surface area contributed by atoms with Crippen LogP contribution in [0.15, 0.2) is 30.5 Å². The Labute approximate surface area is 122 Å². The first-order valence-corrected chi connectivity index (χ1v) is 6.53. The van der Waals surface area contributed by atoms with Crippen LogP contribution in [0.5, 0.6) is 0 Å². The van der Waals surface area contributed by atoms with Crippen molar-refractivity contribution in [2.24, 2.45) is 0 Å². The number of amides is 1. The normalized spacial score (nSPS) is 10.3. The lowest BCUT2D eigenvalue weighted by molar-refractivity contribution is 0.0778. The van der Waals surface area contributed by atoms with E-state index in [1.807, 2.05) is 25.1 Å². The van der Waals surface area contributed by atoms with Gasteiger partial charge in [-0.15, -0.1) is 0 Å². The number of carbonyl (C=O) groups excluding carboxylic acids is 1. The monoisotopic (exact) mass is 288 g/mol. The van der Waals surface area contributed by atoms with Crippen LogP contribution >= 0.6 is 0 Å². The van der Waals surface area contributed by atoms with Crippen molar-refractivity contribution in [2.75, 3.05) is 19.4 Å². The molecule has 0 aliphatic rings. The molecule has 0 aromatic carbocycles. The molecule has 0 spiro atoms. The molecule has 0 bridgehead atoms. The summed E-state index contributed by atoms with van der Waals surface area (Å²) in [6, 6.07) is 6.96. The molecule has 21 heavy (non-hydrogen) atoms. The van der Waals surface area contributed by atoms with Crippen molar-refractivity contribution in [3.8, 4) is 0 Å². The smallest absolute Gasteiger partial charge is 0.257 e. The van der Waals surface area contributed by atoms with Crippen LogP contribution in [0.25, 0.3) is 0 Å². The number of hydrogen-bond acceptors (Lipinski definition) is 4. The highest BCUT2D eigenvalue weighted by atomic mass is 19.1. The van der Waals surface area contributed by atoms with Gasteiger partial charge in [0.15, 0.2) is 11.6 Å². The van der Waals surface area contributed by atoms with E-state index in [1.54, 1.807) is 14.1 Å². The summed E-state index contributed by atoms with van der Waals surface area (Å²) in [7, 11) is 3.17. The summed E-state index contributed by atoms with van der Waals surface area (Å²) in [5.74, 6) is -0.994. The van der Waals surface area contributed by atoms with Crippen molar-refractivity contribution in [3.63, 3.8) is 0 Å². The average molecular weight is 288 g/mol. The highest BCUT2D eigenvalue weighted by Gasteiger charge is 2.19. The fraction of sp³-hybridized carbons (Fsp3) is 0.267. The summed E-state index contributed by atoms with van der Waals surface area (Å²) in [5, 5.41) is 2.62. The number of anilines is 1. The second-order valence-electron chi connectivity index (χ2n) is 4.70. The first-order valence-electron chi connectivity index (χ1n) is 6.53. The molecule has 2 rings (SSSR count). The van der Waals surface area contributed by atoms with Gasteiger partial charge in [0.2, 0.25) is 0 Å². The molecule has 0 atom stereocenters. The van der Waals surface area contributed by atoms with Gasteiger partial charge in [0, 0.05) is 26.0 Å². The minimum Gasteiger partial charge on any atom is -0.371 e. The number of halogens is 1. The number of carbonyl (C=O) groups is 1. The lowest BCUT2D eigenvalue weighted by atomic mass is 10.2. The summed E-state index contributed by atoms with van der Waals surface area (Å²) >= 11 is 0. The molecule has 5 nitrogen and oxygen atoms in total. The standard InChI is InChI=1S/C15H17FN4O/c1-10-5-4-6-11(19-10)9-20(3)15(21)12-7-8-18-14(17-2)13(12)16/h4-8H,9H2,1-3H3,(H,17,18). The Hall–Kier alpha value is -2.50. The Balaban J connectivity index is 2.20. The molecule has 0 saturated heterocycles. The van der Waals surface area contributed by atoms with Gasteiger partial charge in [0.1, 0.15) is 0 Å². The molecular weight excluding hydrogens is 271 g/mol. The highest BCUT2D eigenvalue weighted by Crippen LogP contribution is 2.16. The molecule has 0 radical (unpaired) electrons. The summed E-state index contributed by atoms with van der Waals surface area (Å²) < 4.78 is 14.1. The molecule has 2 aromatic heterocycles. The summed E-state index contributed by atoms with van der Waals surface area (Å²) in [5.41, 5.74) is 1.62. The van der Waals surface area contributed by atoms with E-state index >= 15 is 0 Å². The summed E-state index contributed by atoms with van der Waals surface area (Å²) in [6.07, 6.45) is 1.40. The van der Waals surface area contributed by atoms with Gasteiger partial charge in [-0.3, -0.25) is 9.78 Å². The lowest BCUT2D eigenvalue weighted by Crippen LogP contribution is -2.27. The van der Waals surface area contributed by atoms with Crippen molar-refractivity contribution in [2.45, 2.75) is 13.5 Å². The minimum absolute atomic E-state index is 0.00972. The zero-order valence-electron chi connectivity index (χ0n) is 12.2.